The number of ether oxygens (including phenoxy) is 1. The van der Waals surface area contributed by atoms with Crippen LogP contribution in [0.3, 0.4) is 0 Å². The number of imide groups is 1. The van der Waals surface area contributed by atoms with Crippen molar-refractivity contribution in [2.24, 2.45) is 0 Å². The fourth-order valence-corrected chi connectivity index (χ4v) is 4.12. The van der Waals surface area contributed by atoms with Crippen molar-refractivity contribution in [3.63, 3.8) is 0 Å². The molecule has 1 saturated heterocycles. The molecule has 1 aliphatic rings. The summed E-state index contributed by atoms with van der Waals surface area (Å²) in [6.07, 6.45) is -0.117. The van der Waals surface area contributed by atoms with E-state index in [-0.39, 0.29) is 18.9 Å². The largest absolute Gasteiger partial charge is 0.427 e. The van der Waals surface area contributed by atoms with E-state index in [9.17, 15) is 19.2 Å². The lowest BCUT2D eigenvalue weighted by atomic mass is 10.1. The number of nitrogens with zero attached hydrogens (tertiary/aromatic N) is 2. The highest BCUT2D eigenvalue weighted by Gasteiger charge is 2.44. The molecule has 178 valence electrons. The first-order chi connectivity index (χ1) is 16.7. The number of amides is 3. The number of benzene rings is 3. The van der Waals surface area contributed by atoms with Gasteiger partial charge in [0.05, 0.1) is 12.1 Å². The van der Waals surface area contributed by atoms with Crippen molar-refractivity contribution in [3.05, 3.63) is 95.1 Å². The zero-order valence-corrected chi connectivity index (χ0v) is 19.9. The standard InChI is InChI=1S/C28H26N2O5/c1-18-7-9-21(10-8-18)17-29(27(33)22-6-4-5-19(2)15-22)25-16-26(32)30(28(25)34)23-11-13-24(14-12-23)35-20(3)31/h4-15,25H,16-17H2,1-3H3. The van der Waals surface area contributed by atoms with Crippen LogP contribution >= 0.6 is 0 Å². The van der Waals surface area contributed by atoms with Crippen LogP contribution in [0.4, 0.5) is 5.69 Å². The molecule has 35 heavy (non-hydrogen) atoms. The van der Waals surface area contributed by atoms with Crippen LogP contribution < -0.4 is 9.64 Å². The number of rotatable bonds is 6. The summed E-state index contributed by atoms with van der Waals surface area (Å²) in [6.45, 7) is 5.35. The quantitative estimate of drug-likeness (QED) is 0.306. The molecule has 3 aromatic carbocycles. The number of esters is 1. The van der Waals surface area contributed by atoms with Crippen LogP contribution in [0.1, 0.15) is 40.4 Å². The smallest absolute Gasteiger partial charge is 0.308 e. The average molecular weight is 471 g/mol. The van der Waals surface area contributed by atoms with Gasteiger partial charge in [0, 0.05) is 19.0 Å². The van der Waals surface area contributed by atoms with E-state index in [1.54, 1.807) is 30.3 Å². The predicted octanol–water partition coefficient (Wildman–Crippen LogP) is 4.20. The lowest BCUT2D eigenvalue weighted by Crippen LogP contribution is -2.45. The topological polar surface area (TPSA) is 84.0 Å². The van der Waals surface area contributed by atoms with Gasteiger partial charge in [-0.05, 0) is 55.8 Å². The molecule has 3 aromatic rings. The fraction of sp³-hybridized carbons (Fsp3) is 0.214. The van der Waals surface area contributed by atoms with E-state index in [0.717, 1.165) is 21.6 Å². The zero-order valence-electron chi connectivity index (χ0n) is 19.9. The molecule has 4 rings (SSSR count). The molecule has 0 spiro atoms. The molecule has 0 aliphatic carbocycles. The number of carbonyl (C=O) groups excluding carboxylic acids is 4. The van der Waals surface area contributed by atoms with E-state index in [1.807, 2.05) is 44.2 Å². The normalized spacial score (nSPS) is 15.3. The first-order valence-corrected chi connectivity index (χ1v) is 11.3. The Bertz CT molecular complexity index is 1280. The van der Waals surface area contributed by atoms with Crippen LogP contribution in [0.2, 0.25) is 0 Å². The summed E-state index contributed by atoms with van der Waals surface area (Å²) < 4.78 is 5.03. The summed E-state index contributed by atoms with van der Waals surface area (Å²) in [6, 6.07) is 20.1. The number of carbonyl (C=O) groups is 4. The van der Waals surface area contributed by atoms with E-state index >= 15 is 0 Å². The maximum atomic E-state index is 13.6. The van der Waals surface area contributed by atoms with Crippen molar-refractivity contribution in [3.8, 4) is 5.75 Å². The van der Waals surface area contributed by atoms with Gasteiger partial charge in [-0.15, -0.1) is 0 Å². The number of aryl methyl sites for hydroxylation is 2. The maximum absolute atomic E-state index is 13.6. The summed E-state index contributed by atoms with van der Waals surface area (Å²) in [4.78, 5) is 53.8. The highest BCUT2D eigenvalue weighted by Crippen LogP contribution is 2.29. The highest BCUT2D eigenvalue weighted by molar-refractivity contribution is 6.23. The summed E-state index contributed by atoms with van der Waals surface area (Å²) in [5, 5.41) is 0. The minimum atomic E-state index is -0.940. The molecule has 0 N–H and O–H groups in total. The molecular weight excluding hydrogens is 444 g/mol. The Labute approximate surface area is 203 Å². The van der Waals surface area contributed by atoms with E-state index in [0.29, 0.717) is 17.0 Å². The van der Waals surface area contributed by atoms with E-state index in [1.165, 1.54) is 24.0 Å². The first-order valence-electron chi connectivity index (χ1n) is 11.3. The van der Waals surface area contributed by atoms with E-state index in [2.05, 4.69) is 0 Å². The molecule has 7 nitrogen and oxygen atoms in total. The van der Waals surface area contributed by atoms with Gasteiger partial charge in [0.25, 0.3) is 11.8 Å². The van der Waals surface area contributed by atoms with Gasteiger partial charge in [-0.3, -0.25) is 19.2 Å². The Kier molecular flexibility index (Phi) is 6.78. The van der Waals surface area contributed by atoms with Gasteiger partial charge in [-0.1, -0.05) is 47.5 Å². The van der Waals surface area contributed by atoms with Crippen molar-refractivity contribution in [1.82, 2.24) is 4.90 Å². The zero-order chi connectivity index (χ0) is 25.1. The molecule has 1 unspecified atom stereocenters. The second-order valence-electron chi connectivity index (χ2n) is 8.66. The number of hydrogen-bond donors (Lipinski definition) is 0. The molecule has 7 heteroatoms. The van der Waals surface area contributed by atoms with Gasteiger partial charge in [0.15, 0.2) is 0 Å². The molecular formula is C28H26N2O5. The molecule has 3 amide bonds. The molecule has 1 aliphatic heterocycles. The summed E-state index contributed by atoms with van der Waals surface area (Å²) in [5.74, 6) is -1.33. The Hall–Kier alpha value is -4.26. The lowest BCUT2D eigenvalue weighted by Gasteiger charge is -2.28. The maximum Gasteiger partial charge on any atom is 0.308 e. The molecule has 1 atom stereocenters. The summed E-state index contributed by atoms with van der Waals surface area (Å²) in [5.41, 5.74) is 3.69. The molecule has 1 heterocycles. The summed E-state index contributed by atoms with van der Waals surface area (Å²) >= 11 is 0. The Morgan fingerprint density at radius 1 is 0.943 bits per heavy atom. The van der Waals surface area contributed by atoms with Gasteiger partial charge in [-0.25, -0.2) is 4.90 Å². The fourth-order valence-electron chi connectivity index (χ4n) is 4.12. The number of anilines is 1. The van der Waals surface area contributed by atoms with Gasteiger partial charge in [0.1, 0.15) is 11.8 Å². The van der Waals surface area contributed by atoms with Gasteiger partial charge >= 0.3 is 5.97 Å². The second-order valence-corrected chi connectivity index (χ2v) is 8.66. The van der Waals surface area contributed by atoms with Crippen LogP contribution in [0.5, 0.6) is 5.75 Å². The highest BCUT2D eigenvalue weighted by atomic mass is 16.5. The Balaban J connectivity index is 1.65. The summed E-state index contributed by atoms with van der Waals surface area (Å²) in [7, 11) is 0. The molecule has 0 bridgehead atoms. The van der Waals surface area contributed by atoms with Crippen molar-refractivity contribution >= 4 is 29.4 Å². The first kappa shape index (κ1) is 23.9. The molecule has 0 aromatic heterocycles. The van der Waals surface area contributed by atoms with Crippen LogP contribution in [0.25, 0.3) is 0 Å². The van der Waals surface area contributed by atoms with Crippen LogP contribution in [0.15, 0.2) is 72.8 Å². The SMILES string of the molecule is CC(=O)Oc1ccc(N2C(=O)CC(N(Cc3ccc(C)cc3)C(=O)c3cccc(C)c3)C2=O)cc1. The predicted molar refractivity (Wildman–Crippen MR) is 131 cm³/mol. The molecule has 0 saturated carbocycles. The van der Waals surface area contributed by atoms with Crippen molar-refractivity contribution in [2.45, 2.75) is 39.8 Å². The van der Waals surface area contributed by atoms with Gasteiger partial charge in [-0.2, -0.15) is 0 Å². The van der Waals surface area contributed by atoms with Crippen molar-refractivity contribution < 1.29 is 23.9 Å². The minimum Gasteiger partial charge on any atom is -0.427 e. The van der Waals surface area contributed by atoms with Crippen molar-refractivity contribution in [1.29, 1.82) is 0 Å². The Morgan fingerprint density at radius 2 is 1.63 bits per heavy atom. The molecule has 1 fully saturated rings. The third-order valence-electron chi connectivity index (χ3n) is 5.85. The van der Waals surface area contributed by atoms with Gasteiger partial charge in [0.2, 0.25) is 5.91 Å². The van der Waals surface area contributed by atoms with Crippen LogP contribution in [0, 0.1) is 13.8 Å². The van der Waals surface area contributed by atoms with Crippen LogP contribution in [-0.4, -0.2) is 34.6 Å². The van der Waals surface area contributed by atoms with E-state index < -0.39 is 23.8 Å². The monoisotopic (exact) mass is 470 g/mol. The third kappa shape index (κ3) is 5.30. The average Bonchev–Trinajstić information content (AvgIpc) is 3.12. The second kappa shape index (κ2) is 9.93. The minimum absolute atomic E-state index is 0.117. The number of hydrogen-bond acceptors (Lipinski definition) is 5. The van der Waals surface area contributed by atoms with Gasteiger partial charge < -0.3 is 9.64 Å². The third-order valence-corrected chi connectivity index (χ3v) is 5.85. The Morgan fingerprint density at radius 3 is 2.26 bits per heavy atom. The lowest BCUT2D eigenvalue weighted by molar-refractivity contribution is -0.132. The van der Waals surface area contributed by atoms with Crippen molar-refractivity contribution in [2.75, 3.05) is 4.90 Å². The molecule has 0 radical (unpaired) electrons. The van der Waals surface area contributed by atoms with E-state index in [4.69, 9.17) is 4.74 Å². The van der Waals surface area contributed by atoms with Crippen LogP contribution in [-0.2, 0) is 20.9 Å².